The number of hydrogen-bond donors (Lipinski definition) is 3. The molecule has 2 atom stereocenters. The summed E-state index contributed by atoms with van der Waals surface area (Å²) in [5.41, 5.74) is 5.88. The summed E-state index contributed by atoms with van der Waals surface area (Å²) in [6.45, 7) is 2.60. The number of amides is 1. The molecule has 1 saturated carbocycles. The van der Waals surface area contributed by atoms with E-state index in [1.807, 2.05) is 6.92 Å². The Balaban J connectivity index is 2.03. The van der Waals surface area contributed by atoms with Gasteiger partial charge in [-0.25, -0.2) is 0 Å². The predicted molar refractivity (Wildman–Crippen MR) is 60.2 cm³/mol. The van der Waals surface area contributed by atoms with Gasteiger partial charge in [0.25, 0.3) is 0 Å². The van der Waals surface area contributed by atoms with Gasteiger partial charge in [-0.1, -0.05) is 6.92 Å². The molecule has 2 rings (SSSR count). The molecule has 16 heavy (non-hydrogen) atoms. The molecule has 1 amide bonds. The van der Waals surface area contributed by atoms with Gasteiger partial charge in [0.2, 0.25) is 5.91 Å². The number of hydrogen-bond acceptors (Lipinski definition) is 4. The molecule has 1 aliphatic carbocycles. The third kappa shape index (κ3) is 1.97. The Morgan fingerprint density at radius 1 is 1.56 bits per heavy atom. The smallest absolute Gasteiger partial charge is 0.426 e. The van der Waals surface area contributed by atoms with Gasteiger partial charge < -0.3 is 20.7 Å². The number of carbonyl (C=O) groups is 1. The Morgan fingerprint density at radius 2 is 2.19 bits per heavy atom. The van der Waals surface area contributed by atoms with Crippen LogP contribution in [-0.4, -0.2) is 46.5 Å². The molecule has 0 spiro atoms. The van der Waals surface area contributed by atoms with E-state index in [0.29, 0.717) is 13.0 Å². The topological polar surface area (TPSA) is 86.8 Å². The summed E-state index contributed by atoms with van der Waals surface area (Å²) in [4.78, 5) is 13.7. The number of carbonyl (C=O) groups excluding carboxylic acids is 1. The second-order valence-corrected chi connectivity index (χ2v) is 5.29. The van der Waals surface area contributed by atoms with Crippen molar-refractivity contribution >= 4 is 13.0 Å². The standard InChI is InChI=1S/C10H19BN2O3/c1-10(4-5-10)8(12)9(14)13-6-2-3-7(13)11(15)16/h7-8,15-16H,2-6,12H2,1H3/t7-,8+/m0/s1. The van der Waals surface area contributed by atoms with Crippen LogP contribution in [0.15, 0.2) is 0 Å². The van der Waals surface area contributed by atoms with Crippen molar-refractivity contribution in [2.24, 2.45) is 11.1 Å². The number of likely N-dealkylation sites (tertiary alicyclic amines) is 1. The molecule has 90 valence electrons. The van der Waals surface area contributed by atoms with Crippen LogP contribution in [0.4, 0.5) is 0 Å². The van der Waals surface area contributed by atoms with Crippen molar-refractivity contribution in [2.75, 3.05) is 6.54 Å². The van der Waals surface area contributed by atoms with Crippen LogP contribution < -0.4 is 5.73 Å². The Morgan fingerprint density at radius 3 is 2.69 bits per heavy atom. The van der Waals surface area contributed by atoms with E-state index in [2.05, 4.69) is 0 Å². The molecule has 1 saturated heterocycles. The average Bonchev–Trinajstić information content (AvgIpc) is 2.83. The number of nitrogens with two attached hydrogens (primary N) is 1. The molecule has 2 fully saturated rings. The maximum atomic E-state index is 12.1. The monoisotopic (exact) mass is 226 g/mol. The fourth-order valence-electron chi connectivity index (χ4n) is 2.36. The summed E-state index contributed by atoms with van der Waals surface area (Å²) < 4.78 is 0. The Bertz CT molecular complexity index is 294. The van der Waals surface area contributed by atoms with Gasteiger partial charge >= 0.3 is 7.12 Å². The minimum Gasteiger partial charge on any atom is -0.426 e. The minimum atomic E-state index is -1.45. The second kappa shape index (κ2) is 4.02. The van der Waals surface area contributed by atoms with Crippen molar-refractivity contribution < 1.29 is 14.8 Å². The summed E-state index contributed by atoms with van der Waals surface area (Å²) in [6.07, 6.45) is 3.44. The quantitative estimate of drug-likeness (QED) is 0.545. The van der Waals surface area contributed by atoms with Crippen LogP contribution in [0.2, 0.25) is 0 Å². The molecule has 0 bridgehead atoms. The lowest BCUT2D eigenvalue weighted by Gasteiger charge is -2.29. The van der Waals surface area contributed by atoms with Crippen molar-refractivity contribution in [1.29, 1.82) is 0 Å². The molecule has 2 aliphatic rings. The maximum absolute atomic E-state index is 12.1. The number of nitrogens with zero attached hydrogens (tertiary/aromatic N) is 1. The van der Waals surface area contributed by atoms with Gasteiger partial charge in [0.15, 0.2) is 0 Å². The van der Waals surface area contributed by atoms with Crippen molar-refractivity contribution in [3.63, 3.8) is 0 Å². The predicted octanol–water partition coefficient (Wildman–Crippen LogP) is -0.883. The van der Waals surface area contributed by atoms with E-state index >= 15 is 0 Å². The molecule has 1 heterocycles. The third-order valence-corrected chi connectivity index (χ3v) is 3.98. The van der Waals surface area contributed by atoms with E-state index in [9.17, 15) is 14.8 Å². The SMILES string of the molecule is CC1([C@H](N)C(=O)N2CCC[C@H]2B(O)O)CC1. The van der Waals surface area contributed by atoms with Crippen molar-refractivity contribution in [3.05, 3.63) is 0 Å². The largest absolute Gasteiger partial charge is 0.475 e. The van der Waals surface area contributed by atoms with Crippen LogP contribution in [0.25, 0.3) is 0 Å². The van der Waals surface area contributed by atoms with E-state index in [1.54, 1.807) is 4.90 Å². The molecule has 0 aromatic rings. The summed E-state index contributed by atoms with van der Waals surface area (Å²) in [5, 5.41) is 18.4. The Kier molecular flexibility index (Phi) is 2.98. The van der Waals surface area contributed by atoms with Crippen molar-refractivity contribution in [2.45, 2.75) is 44.6 Å². The van der Waals surface area contributed by atoms with E-state index in [0.717, 1.165) is 19.3 Å². The fourth-order valence-corrected chi connectivity index (χ4v) is 2.36. The lowest BCUT2D eigenvalue weighted by molar-refractivity contribution is -0.134. The molecule has 0 aromatic carbocycles. The van der Waals surface area contributed by atoms with Crippen molar-refractivity contribution in [3.8, 4) is 0 Å². The van der Waals surface area contributed by atoms with E-state index in [-0.39, 0.29) is 11.3 Å². The molecular formula is C10H19BN2O3. The summed E-state index contributed by atoms with van der Waals surface area (Å²) in [6, 6.07) is -0.494. The average molecular weight is 226 g/mol. The van der Waals surface area contributed by atoms with Crippen LogP contribution in [0, 0.1) is 5.41 Å². The lowest BCUT2D eigenvalue weighted by Crippen LogP contribution is -2.53. The Labute approximate surface area is 95.8 Å². The van der Waals surface area contributed by atoms with E-state index in [4.69, 9.17) is 5.73 Å². The van der Waals surface area contributed by atoms with E-state index < -0.39 is 19.1 Å². The van der Waals surface area contributed by atoms with E-state index in [1.165, 1.54) is 0 Å². The first-order valence-corrected chi connectivity index (χ1v) is 5.88. The van der Waals surface area contributed by atoms with Gasteiger partial charge in [-0.3, -0.25) is 4.79 Å². The lowest BCUT2D eigenvalue weighted by atomic mass is 9.77. The first-order chi connectivity index (χ1) is 7.46. The fraction of sp³-hybridized carbons (Fsp3) is 0.900. The highest BCUT2D eigenvalue weighted by Crippen LogP contribution is 2.48. The molecule has 5 nitrogen and oxygen atoms in total. The molecular weight excluding hydrogens is 207 g/mol. The van der Waals surface area contributed by atoms with Gasteiger partial charge in [0.1, 0.15) is 0 Å². The summed E-state index contributed by atoms with van der Waals surface area (Å²) in [7, 11) is -1.45. The molecule has 0 unspecified atom stereocenters. The van der Waals surface area contributed by atoms with Crippen molar-refractivity contribution in [1.82, 2.24) is 4.90 Å². The van der Waals surface area contributed by atoms with Gasteiger partial charge in [-0.2, -0.15) is 0 Å². The van der Waals surface area contributed by atoms with Gasteiger partial charge in [-0.05, 0) is 31.1 Å². The molecule has 1 aliphatic heterocycles. The summed E-state index contributed by atoms with van der Waals surface area (Å²) in [5.74, 6) is -0.600. The van der Waals surface area contributed by atoms with Gasteiger partial charge in [0, 0.05) is 6.54 Å². The molecule has 0 aromatic heterocycles. The molecule has 0 radical (unpaired) electrons. The molecule has 6 heteroatoms. The van der Waals surface area contributed by atoms with Gasteiger partial charge in [-0.15, -0.1) is 0 Å². The molecule has 4 N–H and O–H groups in total. The number of rotatable bonds is 3. The Hall–Kier alpha value is -0.585. The minimum absolute atomic E-state index is 0.0648. The second-order valence-electron chi connectivity index (χ2n) is 5.29. The first kappa shape index (κ1) is 11.9. The third-order valence-electron chi connectivity index (χ3n) is 3.98. The van der Waals surface area contributed by atoms with Gasteiger partial charge in [0.05, 0.1) is 12.0 Å². The normalized spacial score (nSPS) is 29.0. The van der Waals surface area contributed by atoms with Crippen LogP contribution >= 0.6 is 0 Å². The van der Waals surface area contributed by atoms with Crippen LogP contribution in [0.1, 0.15) is 32.6 Å². The van der Waals surface area contributed by atoms with Crippen LogP contribution in [-0.2, 0) is 4.79 Å². The zero-order valence-electron chi connectivity index (χ0n) is 9.59. The summed E-state index contributed by atoms with van der Waals surface area (Å²) >= 11 is 0. The zero-order chi connectivity index (χ0) is 11.9. The van der Waals surface area contributed by atoms with Crippen LogP contribution in [0.3, 0.4) is 0 Å². The highest BCUT2D eigenvalue weighted by Gasteiger charge is 2.49. The first-order valence-electron chi connectivity index (χ1n) is 5.88. The highest BCUT2D eigenvalue weighted by molar-refractivity contribution is 6.43. The maximum Gasteiger partial charge on any atom is 0.475 e. The van der Waals surface area contributed by atoms with Crippen LogP contribution in [0.5, 0.6) is 0 Å². The highest BCUT2D eigenvalue weighted by atomic mass is 16.4. The zero-order valence-corrected chi connectivity index (χ0v) is 9.59.